The molecule has 0 N–H and O–H groups in total. The van der Waals surface area contributed by atoms with Gasteiger partial charge in [-0.2, -0.15) is 0 Å². The summed E-state index contributed by atoms with van der Waals surface area (Å²) in [6, 6.07) is 3.42. The van der Waals surface area contributed by atoms with Crippen molar-refractivity contribution >= 4 is 5.97 Å². The lowest BCUT2D eigenvalue weighted by molar-refractivity contribution is 0.0488. The van der Waals surface area contributed by atoms with Crippen molar-refractivity contribution in [1.29, 1.82) is 0 Å². The normalized spacial score (nSPS) is 9.79. The molecule has 1 rings (SSSR count). The Morgan fingerprint density at radius 3 is 3.07 bits per heavy atom. The maximum absolute atomic E-state index is 11.2. The van der Waals surface area contributed by atoms with E-state index in [4.69, 9.17) is 9.15 Å². The standard InChI is InChI=1S/C11H14O3/c1-3-5-6-9-7-8-10(14-9)11(12)13-4-2/h3,7-8H,1,4-6H2,2H3. The van der Waals surface area contributed by atoms with Crippen molar-refractivity contribution < 1.29 is 13.9 Å². The Morgan fingerprint density at radius 2 is 2.43 bits per heavy atom. The molecule has 0 saturated heterocycles. The molecule has 0 bridgehead atoms. The summed E-state index contributed by atoms with van der Waals surface area (Å²) < 4.78 is 10.1. The summed E-state index contributed by atoms with van der Waals surface area (Å²) >= 11 is 0. The summed E-state index contributed by atoms with van der Waals surface area (Å²) in [6.45, 7) is 5.74. The number of aryl methyl sites for hydroxylation is 1. The zero-order chi connectivity index (χ0) is 10.4. The summed E-state index contributed by atoms with van der Waals surface area (Å²) in [4.78, 5) is 11.2. The lowest BCUT2D eigenvalue weighted by Gasteiger charge is -1.96. The first-order chi connectivity index (χ1) is 6.77. The van der Waals surface area contributed by atoms with Crippen molar-refractivity contribution in [3.63, 3.8) is 0 Å². The predicted octanol–water partition coefficient (Wildman–Crippen LogP) is 2.57. The molecule has 1 heterocycles. The Hall–Kier alpha value is -1.51. The third kappa shape index (κ3) is 2.76. The van der Waals surface area contributed by atoms with Gasteiger partial charge in [-0.3, -0.25) is 0 Å². The second-order valence-corrected chi connectivity index (χ2v) is 2.81. The molecule has 0 aliphatic heterocycles. The van der Waals surface area contributed by atoms with Crippen LogP contribution < -0.4 is 0 Å². The first-order valence-electron chi connectivity index (χ1n) is 4.64. The van der Waals surface area contributed by atoms with E-state index >= 15 is 0 Å². The van der Waals surface area contributed by atoms with Crippen LogP contribution >= 0.6 is 0 Å². The molecule has 0 amide bonds. The Labute approximate surface area is 83.4 Å². The summed E-state index contributed by atoms with van der Waals surface area (Å²) in [5.74, 6) is 0.649. The molecule has 0 atom stereocenters. The van der Waals surface area contributed by atoms with Crippen LogP contribution in [0.5, 0.6) is 0 Å². The van der Waals surface area contributed by atoms with E-state index in [1.54, 1.807) is 19.1 Å². The zero-order valence-electron chi connectivity index (χ0n) is 8.29. The van der Waals surface area contributed by atoms with Crippen molar-refractivity contribution in [3.05, 3.63) is 36.3 Å². The third-order valence-corrected chi connectivity index (χ3v) is 1.73. The van der Waals surface area contributed by atoms with Crippen LogP contribution in [0.3, 0.4) is 0 Å². The number of carbonyl (C=O) groups is 1. The van der Waals surface area contributed by atoms with E-state index < -0.39 is 5.97 Å². The Bertz CT molecular complexity index is 312. The molecule has 0 radical (unpaired) electrons. The van der Waals surface area contributed by atoms with Gasteiger partial charge in [-0.25, -0.2) is 4.79 Å². The van der Waals surface area contributed by atoms with E-state index in [0.29, 0.717) is 6.61 Å². The fourth-order valence-electron chi connectivity index (χ4n) is 1.07. The van der Waals surface area contributed by atoms with E-state index in [2.05, 4.69) is 6.58 Å². The average Bonchev–Trinajstić information content (AvgIpc) is 2.63. The number of hydrogen-bond acceptors (Lipinski definition) is 3. The van der Waals surface area contributed by atoms with Crippen LogP contribution in [0.15, 0.2) is 29.2 Å². The SMILES string of the molecule is C=CCCc1ccc(C(=O)OCC)o1. The molecule has 0 aliphatic rings. The molecular formula is C11H14O3. The van der Waals surface area contributed by atoms with Crippen LogP contribution in [0.4, 0.5) is 0 Å². The Balaban J connectivity index is 2.58. The lowest BCUT2D eigenvalue weighted by atomic mass is 10.2. The molecule has 3 heteroatoms. The van der Waals surface area contributed by atoms with Crippen LogP contribution in [-0.2, 0) is 11.2 Å². The van der Waals surface area contributed by atoms with Gasteiger partial charge in [0.05, 0.1) is 6.61 Å². The number of carbonyl (C=O) groups excluding carboxylic acids is 1. The zero-order valence-corrected chi connectivity index (χ0v) is 8.29. The number of allylic oxidation sites excluding steroid dienone is 1. The number of esters is 1. The van der Waals surface area contributed by atoms with Gasteiger partial charge in [-0.15, -0.1) is 6.58 Å². The first kappa shape index (κ1) is 10.6. The molecule has 0 unspecified atom stereocenters. The maximum Gasteiger partial charge on any atom is 0.374 e. The minimum atomic E-state index is -0.405. The highest BCUT2D eigenvalue weighted by Crippen LogP contribution is 2.11. The van der Waals surface area contributed by atoms with Crippen LogP contribution in [0, 0.1) is 0 Å². The van der Waals surface area contributed by atoms with Crippen molar-refractivity contribution in [2.24, 2.45) is 0 Å². The first-order valence-corrected chi connectivity index (χ1v) is 4.64. The summed E-state index contributed by atoms with van der Waals surface area (Å²) in [5, 5.41) is 0. The van der Waals surface area contributed by atoms with Crippen LogP contribution in [0.25, 0.3) is 0 Å². The minimum Gasteiger partial charge on any atom is -0.460 e. The number of furan rings is 1. The summed E-state index contributed by atoms with van der Waals surface area (Å²) in [6.07, 6.45) is 3.42. The van der Waals surface area contributed by atoms with E-state index in [-0.39, 0.29) is 5.76 Å². The Kier molecular flexibility index (Phi) is 3.98. The van der Waals surface area contributed by atoms with Gasteiger partial charge in [0, 0.05) is 6.42 Å². The molecule has 0 aliphatic carbocycles. The topological polar surface area (TPSA) is 39.4 Å². The monoisotopic (exact) mass is 194 g/mol. The minimum absolute atomic E-state index is 0.269. The predicted molar refractivity (Wildman–Crippen MR) is 53.2 cm³/mol. The van der Waals surface area contributed by atoms with E-state index in [1.807, 2.05) is 6.08 Å². The maximum atomic E-state index is 11.2. The van der Waals surface area contributed by atoms with E-state index in [1.165, 1.54) is 0 Å². The fraction of sp³-hybridized carbons (Fsp3) is 0.364. The molecule has 14 heavy (non-hydrogen) atoms. The highest BCUT2D eigenvalue weighted by Gasteiger charge is 2.11. The van der Waals surface area contributed by atoms with Crippen molar-refractivity contribution in [3.8, 4) is 0 Å². The number of ether oxygens (including phenoxy) is 1. The van der Waals surface area contributed by atoms with E-state index in [0.717, 1.165) is 18.6 Å². The number of rotatable bonds is 5. The molecule has 0 fully saturated rings. The second kappa shape index (κ2) is 5.27. The summed E-state index contributed by atoms with van der Waals surface area (Å²) in [7, 11) is 0. The molecule has 0 spiro atoms. The lowest BCUT2D eigenvalue weighted by Crippen LogP contribution is -2.02. The second-order valence-electron chi connectivity index (χ2n) is 2.81. The molecule has 3 nitrogen and oxygen atoms in total. The van der Waals surface area contributed by atoms with Gasteiger partial charge < -0.3 is 9.15 Å². The molecule has 76 valence electrons. The smallest absolute Gasteiger partial charge is 0.374 e. The average molecular weight is 194 g/mol. The van der Waals surface area contributed by atoms with Crippen molar-refractivity contribution in [2.45, 2.75) is 19.8 Å². The van der Waals surface area contributed by atoms with Crippen LogP contribution in [-0.4, -0.2) is 12.6 Å². The number of hydrogen-bond donors (Lipinski definition) is 0. The van der Waals surface area contributed by atoms with Crippen molar-refractivity contribution in [2.75, 3.05) is 6.61 Å². The van der Waals surface area contributed by atoms with E-state index in [9.17, 15) is 4.79 Å². The highest BCUT2D eigenvalue weighted by molar-refractivity contribution is 5.86. The molecular weight excluding hydrogens is 180 g/mol. The largest absolute Gasteiger partial charge is 0.460 e. The van der Waals surface area contributed by atoms with Gasteiger partial charge in [0.15, 0.2) is 0 Å². The molecule has 0 aromatic carbocycles. The quantitative estimate of drug-likeness (QED) is 0.534. The van der Waals surface area contributed by atoms with Crippen LogP contribution in [0.2, 0.25) is 0 Å². The fourth-order valence-corrected chi connectivity index (χ4v) is 1.07. The molecule has 1 aromatic heterocycles. The van der Waals surface area contributed by atoms with Gasteiger partial charge in [0.1, 0.15) is 5.76 Å². The van der Waals surface area contributed by atoms with Gasteiger partial charge in [-0.1, -0.05) is 6.08 Å². The van der Waals surface area contributed by atoms with Gasteiger partial charge in [-0.05, 0) is 25.5 Å². The van der Waals surface area contributed by atoms with Gasteiger partial charge in [0.2, 0.25) is 5.76 Å². The van der Waals surface area contributed by atoms with Gasteiger partial charge >= 0.3 is 5.97 Å². The third-order valence-electron chi connectivity index (χ3n) is 1.73. The van der Waals surface area contributed by atoms with Crippen LogP contribution in [0.1, 0.15) is 29.7 Å². The highest BCUT2D eigenvalue weighted by atomic mass is 16.5. The molecule has 1 aromatic rings. The Morgan fingerprint density at radius 1 is 1.64 bits per heavy atom. The summed E-state index contributed by atoms with van der Waals surface area (Å²) in [5.41, 5.74) is 0. The van der Waals surface area contributed by atoms with Gasteiger partial charge in [0.25, 0.3) is 0 Å². The molecule has 0 saturated carbocycles. The van der Waals surface area contributed by atoms with Crippen molar-refractivity contribution in [1.82, 2.24) is 0 Å².